The van der Waals surface area contributed by atoms with Crippen molar-refractivity contribution in [2.24, 2.45) is 0 Å². The highest BCUT2D eigenvalue weighted by molar-refractivity contribution is 6.31. The van der Waals surface area contributed by atoms with E-state index in [-0.39, 0.29) is 35.6 Å². The molecule has 6 heteroatoms. The summed E-state index contributed by atoms with van der Waals surface area (Å²) in [6, 6.07) is 7.82. The van der Waals surface area contributed by atoms with Crippen LogP contribution in [0.15, 0.2) is 41.0 Å². The van der Waals surface area contributed by atoms with Crippen molar-refractivity contribution in [1.82, 2.24) is 5.32 Å². The maximum atomic E-state index is 13.6. The molecular formula is C15H15ClFNO3. The molecule has 4 nitrogen and oxygen atoms in total. The lowest BCUT2D eigenvalue weighted by molar-refractivity contribution is -0.121. The molecule has 0 spiro atoms. The monoisotopic (exact) mass is 311 g/mol. The predicted octanol–water partition coefficient (Wildman–Crippen LogP) is 3.12. The predicted molar refractivity (Wildman–Crippen MR) is 76.6 cm³/mol. The Morgan fingerprint density at radius 3 is 2.86 bits per heavy atom. The van der Waals surface area contributed by atoms with Gasteiger partial charge in [0.1, 0.15) is 17.7 Å². The molecule has 1 heterocycles. The minimum atomic E-state index is -0.494. The molecule has 1 amide bonds. The average molecular weight is 312 g/mol. The fourth-order valence-corrected chi connectivity index (χ4v) is 2.14. The van der Waals surface area contributed by atoms with Crippen molar-refractivity contribution in [1.29, 1.82) is 0 Å². The summed E-state index contributed by atoms with van der Waals surface area (Å²) >= 11 is 5.89. The van der Waals surface area contributed by atoms with Gasteiger partial charge in [0.15, 0.2) is 0 Å². The molecule has 2 rings (SSSR count). The Kier molecular flexibility index (Phi) is 5.36. The molecule has 0 saturated carbocycles. The van der Waals surface area contributed by atoms with Crippen molar-refractivity contribution in [3.63, 3.8) is 0 Å². The van der Waals surface area contributed by atoms with Gasteiger partial charge >= 0.3 is 0 Å². The summed E-state index contributed by atoms with van der Waals surface area (Å²) in [7, 11) is 1.52. The van der Waals surface area contributed by atoms with Crippen molar-refractivity contribution in [2.75, 3.05) is 13.7 Å². The first-order valence-corrected chi connectivity index (χ1v) is 6.75. The molecule has 0 aliphatic heterocycles. The molecule has 1 N–H and O–H groups in total. The standard InChI is InChI=1S/C15H15ClFNO3/c1-20-14(13-6-3-7-21-13)9-18-15(19)8-10-11(16)4-2-5-12(10)17/h2-7,14H,8-9H2,1H3,(H,18,19). The lowest BCUT2D eigenvalue weighted by Crippen LogP contribution is -2.30. The highest BCUT2D eigenvalue weighted by atomic mass is 35.5. The number of carbonyl (C=O) groups excluding carboxylic acids is 1. The molecule has 1 atom stereocenters. The zero-order chi connectivity index (χ0) is 15.2. The smallest absolute Gasteiger partial charge is 0.224 e. The van der Waals surface area contributed by atoms with E-state index in [1.807, 2.05) is 0 Å². The van der Waals surface area contributed by atoms with Crippen LogP contribution >= 0.6 is 11.6 Å². The number of hydrogen-bond donors (Lipinski definition) is 1. The summed E-state index contributed by atoms with van der Waals surface area (Å²) in [5.74, 6) is -0.218. The highest BCUT2D eigenvalue weighted by Gasteiger charge is 2.16. The Bertz CT molecular complexity index is 581. The number of benzene rings is 1. The highest BCUT2D eigenvalue weighted by Crippen LogP contribution is 2.20. The molecule has 1 unspecified atom stereocenters. The number of rotatable bonds is 6. The maximum absolute atomic E-state index is 13.6. The summed E-state index contributed by atoms with van der Waals surface area (Å²) in [5, 5.41) is 2.91. The van der Waals surface area contributed by atoms with Gasteiger partial charge in [-0.25, -0.2) is 4.39 Å². The SMILES string of the molecule is COC(CNC(=O)Cc1c(F)cccc1Cl)c1ccco1. The Hall–Kier alpha value is -1.85. The van der Waals surface area contributed by atoms with Crippen LogP contribution in [0.25, 0.3) is 0 Å². The van der Waals surface area contributed by atoms with Gasteiger partial charge in [-0.05, 0) is 24.3 Å². The third-order valence-electron chi connectivity index (χ3n) is 3.03. The Labute approximate surface area is 126 Å². The van der Waals surface area contributed by atoms with Gasteiger partial charge < -0.3 is 14.5 Å². The minimum absolute atomic E-state index is 0.125. The molecule has 0 radical (unpaired) electrons. The van der Waals surface area contributed by atoms with Gasteiger partial charge in [0.25, 0.3) is 0 Å². The molecule has 1 aromatic carbocycles. The summed E-state index contributed by atoms with van der Waals surface area (Å²) in [6.07, 6.45) is 1.02. The minimum Gasteiger partial charge on any atom is -0.467 e. The van der Waals surface area contributed by atoms with Gasteiger partial charge in [-0.1, -0.05) is 17.7 Å². The van der Waals surface area contributed by atoms with Gasteiger partial charge in [-0.15, -0.1) is 0 Å². The molecule has 0 aliphatic carbocycles. The molecule has 112 valence electrons. The normalized spacial score (nSPS) is 12.1. The molecule has 0 saturated heterocycles. The van der Waals surface area contributed by atoms with Crippen LogP contribution in [0.3, 0.4) is 0 Å². The van der Waals surface area contributed by atoms with E-state index >= 15 is 0 Å². The summed E-state index contributed by atoms with van der Waals surface area (Å²) in [6.45, 7) is 0.231. The van der Waals surface area contributed by atoms with Gasteiger partial charge in [0, 0.05) is 17.7 Å². The average Bonchev–Trinajstić information content (AvgIpc) is 2.98. The van der Waals surface area contributed by atoms with Gasteiger partial charge in [0.2, 0.25) is 5.91 Å². The number of nitrogens with one attached hydrogen (secondary N) is 1. The van der Waals surface area contributed by atoms with Crippen LogP contribution in [-0.4, -0.2) is 19.6 Å². The first-order chi connectivity index (χ1) is 10.1. The van der Waals surface area contributed by atoms with Crippen molar-refractivity contribution in [3.8, 4) is 0 Å². The quantitative estimate of drug-likeness (QED) is 0.891. The number of furan rings is 1. The zero-order valence-corrected chi connectivity index (χ0v) is 12.2. The van der Waals surface area contributed by atoms with E-state index in [0.717, 1.165) is 0 Å². The van der Waals surface area contributed by atoms with Crippen LogP contribution in [0, 0.1) is 5.82 Å². The summed E-state index contributed by atoms with van der Waals surface area (Å²) in [5.41, 5.74) is 0.184. The van der Waals surface area contributed by atoms with Gasteiger partial charge in [-0.2, -0.15) is 0 Å². The van der Waals surface area contributed by atoms with E-state index < -0.39 is 5.82 Å². The number of ether oxygens (including phenoxy) is 1. The van der Waals surface area contributed by atoms with E-state index in [1.165, 1.54) is 25.5 Å². The van der Waals surface area contributed by atoms with Crippen LogP contribution in [-0.2, 0) is 16.0 Å². The second kappa shape index (κ2) is 7.24. The molecule has 21 heavy (non-hydrogen) atoms. The molecule has 1 aromatic heterocycles. The summed E-state index contributed by atoms with van der Waals surface area (Å²) < 4.78 is 24.0. The fraction of sp³-hybridized carbons (Fsp3) is 0.267. The topological polar surface area (TPSA) is 51.5 Å². The largest absolute Gasteiger partial charge is 0.467 e. The van der Waals surface area contributed by atoms with Crippen molar-refractivity contribution in [2.45, 2.75) is 12.5 Å². The number of carbonyl (C=O) groups is 1. The zero-order valence-electron chi connectivity index (χ0n) is 11.4. The lowest BCUT2D eigenvalue weighted by Gasteiger charge is -2.14. The Morgan fingerprint density at radius 2 is 2.24 bits per heavy atom. The van der Waals surface area contributed by atoms with Gasteiger partial charge in [0.05, 0.1) is 19.2 Å². The van der Waals surface area contributed by atoms with Crippen molar-refractivity contribution < 1.29 is 18.3 Å². The van der Waals surface area contributed by atoms with Crippen molar-refractivity contribution in [3.05, 3.63) is 58.8 Å². The van der Waals surface area contributed by atoms with Crippen LogP contribution in [0.2, 0.25) is 5.02 Å². The third kappa shape index (κ3) is 4.06. The number of hydrogen-bond acceptors (Lipinski definition) is 3. The Morgan fingerprint density at radius 1 is 1.43 bits per heavy atom. The molecule has 0 bridgehead atoms. The third-order valence-corrected chi connectivity index (χ3v) is 3.38. The molecular weight excluding hydrogens is 297 g/mol. The molecule has 0 aliphatic rings. The molecule has 2 aromatic rings. The van der Waals surface area contributed by atoms with E-state index in [4.69, 9.17) is 20.8 Å². The first-order valence-electron chi connectivity index (χ1n) is 6.37. The number of amides is 1. The van der Waals surface area contributed by atoms with Crippen LogP contribution in [0.1, 0.15) is 17.4 Å². The second-order valence-corrected chi connectivity index (χ2v) is 4.83. The lowest BCUT2D eigenvalue weighted by atomic mass is 10.1. The van der Waals surface area contributed by atoms with E-state index in [9.17, 15) is 9.18 Å². The number of halogens is 2. The van der Waals surface area contributed by atoms with Crippen LogP contribution in [0.4, 0.5) is 4.39 Å². The second-order valence-electron chi connectivity index (χ2n) is 4.42. The Balaban J connectivity index is 1.93. The molecule has 0 fully saturated rings. The van der Waals surface area contributed by atoms with E-state index in [2.05, 4.69) is 5.32 Å². The van der Waals surface area contributed by atoms with E-state index in [1.54, 1.807) is 18.2 Å². The van der Waals surface area contributed by atoms with Crippen molar-refractivity contribution >= 4 is 17.5 Å². The fourth-order valence-electron chi connectivity index (χ4n) is 1.91. The first kappa shape index (κ1) is 15.5. The van der Waals surface area contributed by atoms with Gasteiger partial charge in [-0.3, -0.25) is 4.79 Å². The van der Waals surface area contributed by atoms with Crippen LogP contribution < -0.4 is 5.32 Å². The van der Waals surface area contributed by atoms with E-state index in [0.29, 0.717) is 5.76 Å². The maximum Gasteiger partial charge on any atom is 0.224 e. The number of methoxy groups -OCH3 is 1. The van der Waals surface area contributed by atoms with Crippen LogP contribution in [0.5, 0.6) is 0 Å². The summed E-state index contributed by atoms with van der Waals surface area (Å²) in [4.78, 5) is 11.9.